The van der Waals surface area contributed by atoms with Crippen LogP contribution in [0.25, 0.3) is 0 Å². The van der Waals surface area contributed by atoms with Crippen molar-refractivity contribution in [2.45, 2.75) is 21.3 Å². The molecule has 0 fully saturated rings. The lowest BCUT2D eigenvalue weighted by molar-refractivity contribution is 1.39. The van der Waals surface area contributed by atoms with Gasteiger partial charge in [0.05, 0.1) is 0 Å². The van der Waals surface area contributed by atoms with E-state index in [0.717, 1.165) is 0 Å². The van der Waals surface area contributed by atoms with E-state index in [0.29, 0.717) is 0 Å². The Bertz CT molecular complexity index is 29.9. The summed E-state index contributed by atoms with van der Waals surface area (Å²) in [5.74, 6) is -0.333. The van der Waals surface area contributed by atoms with Gasteiger partial charge in [-0.25, -0.2) is 0 Å². The fourth-order valence-electron chi connectivity index (χ4n) is 0. The van der Waals surface area contributed by atoms with Gasteiger partial charge >= 0.3 is 0 Å². The zero-order chi connectivity index (χ0) is 5.58. The van der Waals surface area contributed by atoms with Crippen LogP contribution in [0.4, 0.5) is 0 Å². The lowest BCUT2D eigenvalue weighted by Crippen LogP contribution is -2.20. The van der Waals surface area contributed by atoms with Gasteiger partial charge in [0.2, 0.25) is 0 Å². The van der Waals surface area contributed by atoms with Gasteiger partial charge in [0, 0.05) is 0 Å². The number of hydrogen-bond donors (Lipinski definition) is 3. The first-order valence-corrected chi connectivity index (χ1v) is 1.83. The summed E-state index contributed by atoms with van der Waals surface area (Å²) in [6, 6.07) is 0. The molecule has 3 nitrogen and oxygen atoms in total. The molecule has 3 heteroatoms. The molecule has 0 bridgehead atoms. The van der Waals surface area contributed by atoms with E-state index in [4.69, 9.17) is 5.41 Å². The Morgan fingerprint density at radius 2 is 1.29 bits per heavy atom. The van der Waals surface area contributed by atoms with Crippen molar-refractivity contribution >= 4 is 5.96 Å². The van der Waals surface area contributed by atoms with E-state index >= 15 is 0 Å². The van der Waals surface area contributed by atoms with E-state index in [1.54, 1.807) is 0 Å². The molecule has 0 rings (SSSR count). The average molecular weight is 105 g/mol. The Morgan fingerprint density at radius 1 is 1.29 bits per heavy atom. The third kappa shape index (κ3) is 106. The maximum Gasteiger partial charge on any atom is 0.183 e. The molecule has 7 heavy (non-hydrogen) atoms. The highest BCUT2D eigenvalue weighted by Crippen LogP contribution is 1.14. The summed E-state index contributed by atoms with van der Waals surface area (Å²) < 4.78 is 0. The zero-order valence-corrected chi connectivity index (χ0v) is 4.15. The van der Waals surface area contributed by atoms with Crippen LogP contribution in [0.5, 0.6) is 0 Å². The molecule has 0 amide bonds. The molecule has 0 atom stereocenters. The maximum atomic E-state index is 6.06. The van der Waals surface area contributed by atoms with Crippen molar-refractivity contribution < 1.29 is 0 Å². The molecule has 0 unspecified atom stereocenters. The smallest absolute Gasteiger partial charge is 0.183 e. The van der Waals surface area contributed by atoms with Crippen molar-refractivity contribution in [3.05, 3.63) is 0 Å². The topological polar surface area (TPSA) is 75.9 Å². The molecule has 0 heterocycles. The predicted molar refractivity (Wildman–Crippen MR) is 34.2 cm³/mol. The second-order valence-electron chi connectivity index (χ2n) is 0.455. The zero-order valence-electron chi connectivity index (χ0n) is 4.15. The molecule has 0 spiro atoms. The molecule has 0 aromatic heterocycles. The van der Waals surface area contributed by atoms with E-state index in [1.165, 1.54) is 0 Å². The first kappa shape index (κ1) is 16.3. The van der Waals surface area contributed by atoms with Crippen molar-refractivity contribution in [1.82, 2.24) is 0 Å². The van der Waals surface area contributed by atoms with Crippen LogP contribution in [0, 0.1) is 5.41 Å². The molecule has 0 saturated heterocycles. The van der Waals surface area contributed by atoms with E-state index in [2.05, 4.69) is 11.5 Å². The Labute approximate surface area is 45.2 Å². The van der Waals surface area contributed by atoms with Crippen molar-refractivity contribution in [3.8, 4) is 0 Å². The van der Waals surface area contributed by atoms with Crippen LogP contribution in [0.15, 0.2) is 0 Å². The highest BCUT2D eigenvalue weighted by atomic mass is 14.9. The summed E-state index contributed by atoms with van der Waals surface area (Å²) in [5, 5.41) is 6.06. The highest BCUT2D eigenvalue weighted by Gasteiger charge is 1.52. The Morgan fingerprint density at radius 3 is 1.29 bits per heavy atom. The van der Waals surface area contributed by atoms with Crippen molar-refractivity contribution in [3.63, 3.8) is 0 Å². The molecule has 0 radical (unpaired) electrons. The fourth-order valence-corrected chi connectivity index (χ4v) is 0. The van der Waals surface area contributed by atoms with Crippen LogP contribution in [0.2, 0.25) is 0 Å². The van der Waals surface area contributed by atoms with Gasteiger partial charge in [-0.3, -0.25) is 5.41 Å². The third-order valence-electron chi connectivity index (χ3n) is 0. The van der Waals surface area contributed by atoms with Crippen molar-refractivity contribution in [2.75, 3.05) is 0 Å². The summed E-state index contributed by atoms with van der Waals surface area (Å²) in [6.07, 6.45) is 0. The van der Waals surface area contributed by atoms with Crippen LogP contribution in [0.1, 0.15) is 21.3 Å². The van der Waals surface area contributed by atoms with E-state index in [1.807, 2.05) is 13.8 Å². The summed E-state index contributed by atoms with van der Waals surface area (Å²) >= 11 is 0. The molecule has 0 aliphatic carbocycles. The molecule has 0 aromatic rings. The standard InChI is InChI=1S/C2H6.CH5N3.CH4/c1-2;2-1(3)4;/h1-2H3;(H5,2,3,4);1H4. The third-order valence-corrected chi connectivity index (χ3v) is 0. The molecular weight excluding hydrogens is 90.1 g/mol. The molecule has 0 aliphatic rings. The van der Waals surface area contributed by atoms with E-state index < -0.39 is 0 Å². The van der Waals surface area contributed by atoms with Gasteiger partial charge in [-0.2, -0.15) is 0 Å². The Hall–Kier alpha value is -0.730. The van der Waals surface area contributed by atoms with Crippen molar-refractivity contribution in [2.24, 2.45) is 11.5 Å². The van der Waals surface area contributed by atoms with Crippen LogP contribution in [0.3, 0.4) is 0 Å². The lowest BCUT2D eigenvalue weighted by atomic mass is 11.0. The first-order chi connectivity index (χ1) is 2.73. The van der Waals surface area contributed by atoms with Crippen LogP contribution in [-0.4, -0.2) is 5.96 Å². The first-order valence-electron chi connectivity index (χ1n) is 1.83. The molecule has 46 valence electrons. The van der Waals surface area contributed by atoms with Gasteiger partial charge < -0.3 is 11.5 Å². The van der Waals surface area contributed by atoms with Crippen LogP contribution < -0.4 is 11.5 Å². The minimum atomic E-state index is -0.333. The minimum Gasteiger partial charge on any atom is -0.370 e. The second kappa shape index (κ2) is 18.6. The Balaban J connectivity index is -0.0000000480. The Kier molecular flexibility index (Phi) is 43.4. The quantitative estimate of drug-likeness (QED) is 0.310. The molecule has 0 saturated carbocycles. The van der Waals surface area contributed by atoms with Crippen molar-refractivity contribution in [1.29, 1.82) is 5.41 Å². The maximum absolute atomic E-state index is 6.06. The van der Waals surface area contributed by atoms with Crippen LogP contribution >= 0.6 is 0 Å². The highest BCUT2D eigenvalue weighted by molar-refractivity contribution is 5.71. The number of guanidine groups is 1. The fraction of sp³-hybridized carbons (Fsp3) is 0.750. The summed E-state index contributed by atoms with van der Waals surface area (Å²) in [7, 11) is 0. The summed E-state index contributed by atoms with van der Waals surface area (Å²) in [5.41, 5.74) is 8.94. The molecule has 5 N–H and O–H groups in total. The number of nitrogens with two attached hydrogens (primary N) is 2. The minimum absolute atomic E-state index is 0. The van der Waals surface area contributed by atoms with Gasteiger partial charge in [0.25, 0.3) is 0 Å². The SMILES string of the molecule is C.CC.N=C(N)N. The van der Waals surface area contributed by atoms with Gasteiger partial charge in [0.1, 0.15) is 0 Å². The van der Waals surface area contributed by atoms with Gasteiger partial charge in [-0.15, -0.1) is 0 Å². The number of hydrogen-bond acceptors (Lipinski definition) is 1. The lowest BCUT2D eigenvalue weighted by Gasteiger charge is -1.69. The predicted octanol–water partition coefficient (Wildman–Crippen LogP) is 0.501. The second-order valence-corrected chi connectivity index (χ2v) is 0.455. The molecule has 0 aromatic carbocycles. The summed E-state index contributed by atoms with van der Waals surface area (Å²) in [6.45, 7) is 4.00. The average Bonchev–Trinajstić information content (AvgIpc) is 1.41. The van der Waals surface area contributed by atoms with Crippen LogP contribution in [-0.2, 0) is 0 Å². The monoisotopic (exact) mass is 105 g/mol. The molecule has 0 aliphatic heterocycles. The summed E-state index contributed by atoms with van der Waals surface area (Å²) in [4.78, 5) is 0. The number of rotatable bonds is 0. The number of nitrogens with one attached hydrogen (secondary N) is 1. The van der Waals surface area contributed by atoms with E-state index in [-0.39, 0.29) is 13.4 Å². The van der Waals surface area contributed by atoms with Gasteiger partial charge in [-0.05, 0) is 0 Å². The normalized spacial score (nSPS) is 4.29. The largest absolute Gasteiger partial charge is 0.370 e. The van der Waals surface area contributed by atoms with Gasteiger partial charge in [-0.1, -0.05) is 21.3 Å². The van der Waals surface area contributed by atoms with E-state index in [9.17, 15) is 0 Å². The molecular formula is C4H15N3. The van der Waals surface area contributed by atoms with Gasteiger partial charge in [0.15, 0.2) is 5.96 Å².